The summed E-state index contributed by atoms with van der Waals surface area (Å²) in [6.45, 7) is 0.472. The molecule has 2 aromatic carbocycles. The third-order valence-electron chi connectivity index (χ3n) is 5.31. The Bertz CT molecular complexity index is 1150. The number of para-hydroxylation sites is 1. The Kier molecular flexibility index (Phi) is 5.24. The van der Waals surface area contributed by atoms with E-state index < -0.39 is 16.7 Å². The van der Waals surface area contributed by atoms with E-state index in [0.29, 0.717) is 30.0 Å². The lowest BCUT2D eigenvalue weighted by Crippen LogP contribution is -2.19. The van der Waals surface area contributed by atoms with Gasteiger partial charge in [0.05, 0.1) is 11.1 Å². The number of amides is 1. The molecule has 0 bridgehead atoms. The lowest BCUT2D eigenvalue weighted by atomic mass is 9.96. The first kappa shape index (κ1) is 19.4. The molecule has 0 fully saturated rings. The Morgan fingerprint density at radius 3 is 2.76 bits per heavy atom. The third kappa shape index (κ3) is 3.58. The van der Waals surface area contributed by atoms with Crippen LogP contribution in [0.2, 0.25) is 0 Å². The zero-order valence-corrected chi connectivity index (χ0v) is 17.1. The van der Waals surface area contributed by atoms with E-state index >= 15 is 0 Å². The molecule has 4 rings (SSSR count). The second-order valence-electron chi connectivity index (χ2n) is 7.25. The maximum absolute atomic E-state index is 12.6. The van der Waals surface area contributed by atoms with Crippen molar-refractivity contribution >= 4 is 39.2 Å². The molecule has 29 heavy (non-hydrogen) atoms. The van der Waals surface area contributed by atoms with Crippen LogP contribution < -0.4 is 11.1 Å². The molecule has 1 aromatic heterocycles. The normalized spacial score (nSPS) is 14.6. The number of rotatable bonds is 6. The quantitative estimate of drug-likeness (QED) is 0.654. The van der Waals surface area contributed by atoms with Crippen LogP contribution in [0.4, 0.5) is 5.69 Å². The summed E-state index contributed by atoms with van der Waals surface area (Å²) >= 11 is 0. The van der Waals surface area contributed by atoms with E-state index in [1.807, 2.05) is 41.0 Å². The molecule has 6 nitrogen and oxygen atoms in total. The third-order valence-corrected chi connectivity index (χ3v) is 6.08. The smallest absolute Gasteiger partial charge is 0.250 e. The first-order valence-electron chi connectivity index (χ1n) is 9.61. The van der Waals surface area contributed by atoms with E-state index in [1.54, 1.807) is 12.3 Å². The topological polar surface area (TPSA) is 94.2 Å². The van der Waals surface area contributed by atoms with Crippen molar-refractivity contribution in [1.29, 1.82) is 0 Å². The van der Waals surface area contributed by atoms with Crippen molar-refractivity contribution in [3.8, 4) is 11.1 Å². The number of nitrogens with zero attached hydrogens (tertiary/aromatic N) is 1. The van der Waals surface area contributed by atoms with E-state index in [-0.39, 0.29) is 5.91 Å². The monoisotopic (exact) mass is 409 g/mol. The molecule has 0 saturated carbocycles. The molecule has 1 aliphatic heterocycles. The minimum Gasteiger partial charge on any atom is -0.383 e. The number of hydrogen-bond donors (Lipinski definition) is 2. The van der Waals surface area contributed by atoms with Gasteiger partial charge in [0.1, 0.15) is 0 Å². The number of carbonyl (C=O) groups is 2. The summed E-state index contributed by atoms with van der Waals surface area (Å²) in [5.74, 6) is 0.0726. The molecule has 150 valence electrons. The Morgan fingerprint density at radius 2 is 2.00 bits per heavy atom. The van der Waals surface area contributed by atoms with Gasteiger partial charge >= 0.3 is 0 Å². The number of fused-ring (bicyclic) bond motifs is 3. The molecule has 0 spiro atoms. The lowest BCUT2D eigenvalue weighted by Gasteiger charge is -2.17. The number of anilines is 1. The van der Waals surface area contributed by atoms with Gasteiger partial charge in [0, 0.05) is 58.1 Å². The number of hydrogen-bond acceptors (Lipinski definition) is 4. The van der Waals surface area contributed by atoms with Crippen LogP contribution in [-0.2, 0) is 17.2 Å². The van der Waals surface area contributed by atoms with Crippen molar-refractivity contribution in [3.63, 3.8) is 0 Å². The number of nitrogens with two attached hydrogens (primary N) is 1. The molecule has 1 atom stereocenters. The predicted molar refractivity (Wildman–Crippen MR) is 117 cm³/mol. The summed E-state index contributed by atoms with van der Waals surface area (Å²) in [5, 5.41) is 4.22. The fraction of sp³-hybridized carbons (Fsp3) is 0.273. The molecular formula is C22H23N3O3S. The highest BCUT2D eigenvalue weighted by molar-refractivity contribution is 7.84. The van der Waals surface area contributed by atoms with Crippen molar-refractivity contribution in [1.82, 2.24) is 4.57 Å². The van der Waals surface area contributed by atoms with Crippen molar-refractivity contribution < 1.29 is 13.8 Å². The van der Waals surface area contributed by atoms with Crippen LogP contribution in [0.5, 0.6) is 0 Å². The lowest BCUT2D eigenvalue weighted by molar-refractivity contribution is 0.0889. The van der Waals surface area contributed by atoms with Crippen LogP contribution in [0.1, 0.15) is 33.7 Å². The zero-order valence-electron chi connectivity index (χ0n) is 16.2. The molecule has 3 aromatic rings. The molecule has 0 radical (unpaired) electrons. The first-order valence-corrected chi connectivity index (χ1v) is 11.3. The van der Waals surface area contributed by atoms with E-state index in [1.165, 1.54) is 0 Å². The highest BCUT2D eigenvalue weighted by Crippen LogP contribution is 2.39. The van der Waals surface area contributed by atoms with Crippen molar-refractivity contribution in [3.05, 3.63) is 53.7 Å². The number of nitrogens with one attached hydrogen (secondary N) is 1. The van der Waals surface area contributed by atoms with Gasteiger partial charge in [0.25, 0.3) is 5.91 Å². The van der Waals surface area contributed by atoms with Gasteiger partial charge < -0.3 is 11.1 Å². The van der Waals surface area contributed by atoms with Gasteiger partial charge in [0.15, 0.2) is 0 Å². The SMILES string of the molecule is CS(=O)CCNc1cc(-c2c3n(c4ccccc24)C(=O)CCC3)ccc1C(N)=O. The van der Waals surface area contributed by atoms with Gasteiger partial charge in [-0.05, 0) is 36.6 Å². The second-order valence-corrected chi connectivity index (χ2v) is 8.80. The van der Waals surface area contributed by atoms with Crippen LogP contribution >= 0.6 is 0 Å². The average Bonchev–Trinajstić information content (AvgIpc) is 3.03. The van der Waals surface area contributed by atoms with Gasteiger partial charge in [-0.15, -0.1) is 0 Å². The molecule has 1 aliphatic rings. The van der Waals surface area contributed by atoms with Gasteiger partial charge in [-0.1, -0.05) is 24.3 Å². The van der Waals surface area contributed by atoms with Crippen molar-refractivity contribution in [2.24, 2.45) is 5.73 Å². The predicted octanol–water partition coefficient (Wildman–Crippen LogP) is 3.17. The minimum absolute atomic E-state index is 0.117. The van der Waals surface area contributed by atoms with Crippen LogP contribution in [0.3, 0.4) is 0 Å². The van der Waals surface area contributed by atoms with Gasteiger partial charge in [-0.2, -0.15) is 0 Å². The van der Waals surface area contributed by atoms with E-state index in [2.05, 4.69) is 5.32 Å². The summed E-state index contributed by atoms with van der Waals surface area (Å²) in [6, 6.07) is 13.4. The zero-order chi connectivity index (χ0) is 20.5. The first-order chi connectivity index (χ1) is 14.0. The molecule has 1 unspecified atom stereocenters. The maximum atomic E-state index is 12.6. The molecule has 0 saturated heterocycles. The fourth-order valence-corrected chi connectivity index (χ4v) is 4.44. The Labute approximate surface area is 171 Å². The second kappa shape index (κ2) is 7.83. The van der Waals surface area contributed by atoms with Crippen LogP contribution in [0, 0.1) is 0 Å². The number of primary amides is 1. The van der Waals surface area contributed by atoms with E-state index in [9.17, 15) is 13.8 Å². The van der Waals surface area contributed by atoms with Crippen molar-refractivity contribution in [2.75, 3.05) is 23.9 Å². The molecule has 7 heteroatoms. The van der Waals surface area contributed by atoms with Crippen molar-refractivity contribution in [2.45, 2.75) is 19.3 Å². The summed E-state index contributed by atoms with van der Waals surface area (Å²) in [6.07, 6.45) is 3.84. The minimum atomic E-state index is -0.935. The Hall–Kier alpha value is -2.93. The van der Waals surface area contributed by atoms with Crippen LogP contribution in [0.15, 0.2) is 42.5 Å². The average molecular weight is 410 g/mol. The van der Waals surface area contributed by atoms with E-state index in [4.69, 9.17) is 5.73 Å². The van der Waals surface area contributed by atoms with Gasteiger partial charge in [-0.3, -0.25) is 18.4 Å². The van der Waals surface area contributed by atoms with E-state index in [0.717, 1.165) is 40.6 Å². The largest absolute Gasteiger partial charge is 0.383 e. The maximum Gasteiger partial charge on any atom is 0.250 e. The number of aromatic nitrogens is 1. The molecule has 2 heterocycles. The summed E-state index contributed by atoms with van der Waals surface area (Å²) < 4.78 is 13.2. The number of benzene rings is 2. The fourth-order valence-electron chi connectivity index (χ4n) is 4.05. The molecule has 3 N–H and O–H groups in total. The number of carbonyl (C=O) groups excluding carboxylic acids is 2. The standard InChI is InChI=1S/C22H23N3O3S/c1-29(28)12-11-24-17-13-14(9-10-15(17)22(23)27)21-16-5-2-3-6-18(16)25-19(21)7-4-8-20(25)26/h2-3,5-6,9-10,13,24H,4,7-8,11-12H2,1H3,(H2,23,27). The summed E-state index contributed by atoms with van der Waals surface area (Å²) in [7, 11) is -0.935. The summed E-state index contributed by atoms with van der Waals surface area (Å²) in [4.78, 5) is 24.5. The van der Waals surface area contributed by atoms with Crippen LogP contribution in [-0.4, -0.2) is 39.1 Å². The Morgan fingerprint density at radius 1 is 1.21 bits per heavy atom. The van der Waals surface area contributed by atoms with Crippen LogP contribution in [0.25, 0.3) is 22.0 Å². The molecule has 1 amide bonds. The molecular weight excluding hydrogens is 386 g/mol. The molecule has 0 aliphatic carbocycles. The highest BCUT2D eigenvalue weighted by Gasteiger charge is 2.25. The highest BCUT2D eigenvalue weighted by atomic mass is 32.2. The van der Waals surface area contributed by atoms with Gasteiger partial charge in [-0.25, -0.2) is 0 Å². The van der Waals surface area contributed by atoms with Gasteiger partial charge in [0.2, 0.25) is 5.91 Å². The Balaban J connectivity index is 1.87. The summed E-state index contributed by atoms with van der Waals surface area (Å²) in [5.41, 5.74) is 10.4.